The number of aliphatic hydroxyl groups is 2. The molecule has 0 bridgehead atoms. The van der Waals surface area contributed by atoms with Crippen molar-refractivity contribution in [1.82, 2.24) is 0 Å². The Kier molecular flexibility index (Phi) is 16.5. The fourth-order valence-electron chi connectivity index (χ4n) is 1.79. The third kappa shape index (κ3) is 15.0. The maximum absolute atomic E-state index is 10.9. The first-order valence-electron chi connectivity index (χ1n) is 7.92. The van der Waals surface area contributed by atoms with E-state index in [2.05, 4.69) is 0 Å². The number of carbonyl (C=O) groups excluding carboxylic acids is 2. The number of ketones is 1. The molecule has 6 heteroatoms. The zero-order chi connectivity index (χ0) is 19.7. The highest BCUT2D eigenvalue weighted by molar-refractivity contribution is 5.95. The van der Waals surface area contributed by atoms with Crippen molar-refractivity contribution in [2.45, 2.75) is 39.5 Å². The number of aldehydes is 1. The van der Waals surface area contributed by atoms with Gasteiger partial charge in [0, 0.05) is 31.8 Å². The molecule has 0 saturated carbocycles. The van der Waals surface area contributed by atoms with Crippen LogP contribution in [0.3, 0.4) is 0 Å². The molecule has 0 radical (unpaired) electrons. The number of carboxylic acid groups (broad SMARTS) is 1. The minimum Gasteiger partial charge on any atom is -0.478 e. The molecule has 0 heterocycles. The van der Waals surface area contributed by atoms with Crippen molar-refractivity contribution in [3.05, 3.63) is 47.0 Å². The van der Waals surface area contributed by atoms with Crippen LogP contribution in [0.2, 0.25) is 0 Å². The van der Waals surface area contributed by atoms with Crippen molar-refractivity contribution >= 4 is 18.0 Å². The van der Waals surface area contributed by atoms with E-state index in [-0.39, 0.29) is 12.4 Å². The lowest BCUT2D eigenvalue weighted by Crippen LogP contribution is -1.95. The van der Waals surface area contributed by atoms with E-state index in [0.717, 1.165) is 43.1 Å². The molecule has 25 heavy (non-hydrogen) atoms. The summed E-state index contributed by atoms with van der Waals surface area (Å²) in [6.07, 6.45) is 5.33. The fourth-order valence-corrected chi connectivity index (χ4v) is 1.79. The van der Waals surface area contributed by atoms with Gasteiger partial charge >= 0.3 is 5.97 Å². The summed E-state index contributed by atoms with van der Waals surface area (Å²) in [7, 11) is 1.00. The second-order valence-corrected chi connectivity index (χ2v) is 5.15. The largest absolute Gasteiger partial charge is 0.478 e. The summed E-state index contributed by atoms with van der Waals surface area (Å²) in [5, 5.41) is 23.6. The van der Waals surface area contributed by atoms with Crippen molar-refractivity contribution in [2.24, 2.45) is 0 Å². The molecule has 3 N–H and O–H groups in total. The molecule has 0 spiro atoms. The molecule has 0 atom stereocenters. The lowest BCUT2D eigenvalue weighted by atomic mass is 10.1. The SMILES string of the molecule is CO.Cc1ccc(C=O)c(C)c1.O=C(O)/C=C\C(=O)CCCCCO. The molecule has 0 aliphatic rings. The average molecular weight is 352 g/mol. The smallest absolute Gasteiger partial charge is 0.328 e. The van der Waals surface area contributed by atoms with Gasteiger partial charge in [0.05, 0.1) is 0 Å². The summed E-state index contributed by atoms with van der Waals surface area (Å²) < 4.78 is 0. The third-order valence-electron chi connectivity index (χ3n) is 3.05. The number of aliphatic carboxylic acids is 1. The lowest BCUT2D eigenvalue weighted by Gasteiger charge is -1.97. The number of hydrogen-bond donors (Lipinski definition) is 3. The molecule has 0 unspecified atom stereocenters. The number of benzene rings is 1. The molecular formula is C19H28O6. The van der Waals surface area contributed by atoms with Gasteiger partial charge in [-0.25, -0.2) is 4.79 Å². The third-order valence-corrected chi connectivity index (χ3v) is 3.05. The highest BCUT2D eigenvalue weighted by atomic mass is 16.4. The van der Waals surface area contributed by atoms with Gasteiger partial charge in [0.15, 0.2) is 5.78 Å². The number of aryl methyl sites for hydroxylation is 2. The number of aliphatic hydroxyl groups excluding tert-OH is 2. The number of carboxylic acids is 1. The van der Waals surface area contributed by atoms with Gasteiger partial charge in [0.2, 0.25) is 0 Å². The Morgan fingerprint density at radius 3 is 2.16 bits per heavy atom. The van der Waals surface area contributed by atoms with E-state index in [1.807, 2.05) is 32.0 Å². The van der Waals surface area contributed by atoms with Gasteiger partial charge in [-0.05, 0) is 38.3 Å². The lowest BCUT2D eigenvalue weighted by molar-refractivity contribution is -0.131. The summed E-state index contributed by atoms with van der Waals surface area (Å²) in [4.78, 5) is 31.2. The van der Waals surface area contributed by atoms with Crippen LogP contribution in [-0.2, 0) is 9.59 Å². The summed E-state index contributed by atoms with van der Waals surface area (Å²) in [5.41, 5.74) is 3.03. The van der Waals surface area contributed by atoms with Gasteiger partial charge in [-0.15, -0.1) is 0 Å². The zero-order valence-electron chi connectivity index (χ0n) is 15.1. The topological polar surface area (TPSA) is 112 Å². The van der Waals surface area contributed by atoms with E-state index in [4.69, 9.17) is 15.3 Å². The zero-order valence-corrected chi connectivity index (χ0v) is 15.1. The summed E-state index contributed by atoms with van der Waals surface area (Å²) in [6.45, 7) is 4.09. The normalized spacial score (nSPS) is 9.48. The molecule has 1 aromatic rings. The Balaban J connectivity index is 0. The molecule has 0 aromatic heterocycles. The predicted octanol–water partition coefficient (Wildman–Crippen LogP) is 2.47. The maximum Gasteiger partial charge on any atom is 0.328 e. The van der Waals surface area contributed by atoms with E-state index in [9.17, 15) is 14.4 Å². The van der Waals surface area contributed by atoms with Gasteiger partial charge in [-0.2, -0.15) is 0 Å². The predicted molar refractivity (Wildman–Crippen MR) is 96.8 cm³/mol. The first-order chi connectivity index (χ1) is 11.9. The minimum absolute atomic E-state index is 0.138. The van der Waals surface area contributed by atoms with Crippen molar-refractivity contribution in [3.63, 3.8) is 0 Å². The van der Waals surface area contributed by atoms with Gasteiger partial charge in [-0.3, -0.25) is 9.59 Å². The van der Waals surface area contributed by atoms with Gasteiger partial charge in [0.1, 0.15) is 6.29 Å². The Labute approximate surface area is 148 Å². The molecular weight excluding hydrogens is 324 g/mol. The van der Waals surface area contributed by atoms with Crippen LogP contribution in [0.4, 0.5) is 0 Å². The van der Waals surface area contributed by atoms with E-state index in [0.29, 0.717) is 19.3 Å². The second-order valence-electron chi connectivity index (χ2n) is 5.15. The highest BCUT2D eigenvalue weighted by Gasteiger charge is 1.97. The van der Waals surface area contributed by atoms with E-state index in [1.54, 1.807) is 0 Å². The van der Waals surface area contributed by atoms with Crippen molar-refractivity contribution in [1.29, 1.82) is 0 Å². The van der Waals surface area contributed by atoms with Crippen molar-refractivity contribution in [3.8, 4) is 0 Å². The number of allylic oxidation sites excluding steroid dienone is 1. The fraction of sp³-hybridized carbons (Fsp3) is 0.421. The Morgan fingerprint density at radius 1 is 1.04 bits per heavy atom. The summed E-state index contributed by atoms with van der Waals surface area (Å²) in [5.74, 6) is -1.29. The van der Waals surface area contributed by atoms with E-state index >= 15 is 0 Å². The average Bonchev–Trinajstić information content (AvgIpc) is 2.59. The first kappa shape index (κ1) is 24.9. The van der Waals surface area contributed by atoms with Gasteiger partial charge in [0.25, 0.3) is 0 Å². The van der Waals surface area contributed by atoms with Crippen LogP contribution in [0.5, 0.6) is 0 Å². The van der Waals surface area contributed by atoms with Crippen molar-refractivity contribution < 1.29 is 29.7 Å². The van der Waals surface area contributed by atoms with Crippen LogP contribution in [0.15, 0.2) is 30.4 Å². The Hall–Kier alpha value is -2.31. The molecule has 140 valence electrons. The molecule has 0 aliphatic carbocycles. The van der Waals surface area contributed by atoms with E-state index in [1.165, 1.54) is 5.56 Å². The van der Waals surface area contributed by atoms with Crippen molar-refractivity contribution in [2.75, 3.05) is 13.7 Å². The highest BCUT2D eigenvalue weighted by Crippen LogP contribution is 2.07. The molecule has 0 aliphatic heterocycles. The number of unbranched alkanes of at least 4 members (excludes halogenated alkanes) is 2. The molecule has 0 saturated heterocycles. The van der Waals surface area contributed by atoms with Gasteiger partial charge < -0.3 is 15.3 Å². The van der Waals surface area contributed by atoms with Crippen LogP contribution in [0, 0.1) is 13.8 Å². The van der Waals surface area contributed by atoms with Crippen LogP contribution < -0.4 is 0 Å². The summed E-state index contributed by atoms with van der Waals surface area (Å²) in [6, 6.07) is 5.79. The Bertz CT molecular complexity index is 549. The van der Waals surface area contributed by atoms with Crippen LogP contribution in [0.1, 0.15) is 47.2 Å². The quantitative estimate of drug-likeness (QED) is 0.376. The number of carbonyl (C=O) groups is 3. The minimum atomic E-state index is -1.11. The maximum atomic E-state index is 10.9. The molecule has 1 rings (SSSR count). The summed E-state index contributed by atoms with van der Waals surface area (Å²) >= 11 is 0. The number of rotatable bonds is 8. The monoisotopic (exact) mass is 352 g/mol. The van der Waals surface area contributed by atoms with Gasteiger partial charge in [-0.1, -0.05) is 30.2 Å². The molecule has 1 aromatic carbocycles. The second kappa shape index (κ2) is 16.5. The van der Waals surface area contributed by atoms with Crippen LogP contribution in [-0.4, -0.2) is 47.1 Å². The molecule has 0 fully saturated rings. The van der Waals surface area contributed by atoms with E-state index < -0.39 is 5.97 Å². The standard InChI is InChI=1S/C9H14O4.C9H10O.CH4O/c10-7-3-1-2-4-8(11)5-6-9(12)13;1-7-3-4-9(6-10)8(2)5-7;1-2/h5-6,10H,1-4,7H2,(H,12,13);3-6H,1-2H3;2H,1H3/b6-5-;;. The van der Waals surface area contributed by atoms with Crippen LogP contribution >= 0.6 is 0 Å². The Morgan fingerprint density at radius 2 is 1.68 bits per heavy atom. The first-order valence-corrected chi connectivity index (χ1v) is 7.92. The molecule has 0 amide bonds. The number of hydrogen-bond acceptors (Lipinski definition) is 5. The van der Waals surface area contributed by atoms with Crippen LogP contribution in [0.25, 0.3) is 0 Å². The molecule has 6 nitrogen and oxygen atoms in total.